The van der Waals surface area contributed by atoms with Gasteiger partial charge in [0.25, 0.3) is 0 Å². The molecule has 3 heterocycles. The molecular formula is C22H26N4O5S2. The highest BCUT2D eigenvalue weighted by Gasteiger charge is 2.26. The summed E-state index contributed by atoms with van der Waals surface area (Å²) in [4.78, 5) is 17.9. The minimum Gasteiger partial charge on any atom is -0.495 e. The van der Waals surface area contributed by atoms with Gasteiger partial charge >= 0.3 is 0 Å². The van der Waals surface area contributed by atoms with Gasteiger partial charge in [-0.25, -0.2) is 8.42 Å². The van der Waals surface area contributed by atoms with E-state index in [-0.39, 0.29) is 23.6 Å². The fourth-order valence-electron chi connectivity index (χ4n) is 3.67. The largest absolute Gasteiger partial charge is 0.495 e. The lowest BCUT2D eigenvalue weighted by molar-refractivity contribution is -0.116. The molecule has 0 aliphatic carbocycles. The Hall–Kier alpha value is -2.76. The maximum atomic E-state index is 13.1. The van der Waals surface area contributed by atoms with Gasteiger partial charge in [-0.3, -0.25) is 4.79 Å². The number of methoxy groups -OCH3 is 1. The molecule has 3 aromatic rings. The minimum absolute atomic E-state index is 0.0956. The van der Waals surface area contributed by atoms with Gasteiger partial charge in [0.15, 0.2) is 0 Å². The molecule has 1 saturated heterocycles. The van der Waals surface area contributed by atoms with Gasteiger partial charge in [0.05, 0.1) is 22.6 Å². The number of anilines is 1. The lowest BCUT2D eigenvalue weighted by Crippen LogP contribution is -2.32. The van der Waals surface area contributed by atoms with Crippen molar-refractivity contribution in [1.82, 2.24) is 14.4 Å². The number of rotatable bonds is 8. The van der Waals surface area contributed by atoms with Crippen molar-refractivity contribution in [3.05, 3.63) is 41.6 Å². The maximum Gasteiger partial charge on any atom is 0.243 e. The average Bonchev–Trinajstić information content (AvgIpc) is 3.43. The number of thiophene rings is 1. The van der Waals surface area contributed by atoms with Crippen molar-refractivity contribution < 1.29 is 22.5 Å². The number of hydrogen-bond acceptors (Lipinski definition) is 8. The van der Waals surface area contributed by atoms with E-state index in [1.807, 2.05) is 17.5 Å². The van der Waals surface area contributed by atoms with Crippen LogP contribution in [0.3, 0.4) is 0 Å². The van der Waals surface area contributed by atoms with Crippen LogP contribution in [0.2, 0.25) is 0 Å². The molecule has 1 fully saturated rings. The number of ether oxygens (including phenoxy) is 1. The van der Waals surface area contributed by atoms with Gasteiger partial charge in [-0.2, -0.15) is 9.29 Å². The zero-order valence-corrected chi connectivity index (χ0v) is 20.0. The Morgan fingerprint density at radius 3 is 2.70 bits per heavy atom. The number of hydrogen-bond donors (Lipinski definition) is 1. The Balaban J connectivity index is 1.44. The van der Waals surface area contributed by atoms with Gasteiger partial charge in [-0.15, -0.1) is 11.3 Å². The molecule has 33 heavy (non-hydrogen) atoms. The quantitative estimate of drug-likeness (QED) is 0.508. The molecule has 1 amide bonds. The van der Waals surface area contributed by atoms with Crippen molar-refractivity contribution in [3.8, 4) is 16.5 Å². The molecule has 2 aromatic heterocycles. The number of nitrogens with one attached hydrogen (secondary N) is 1. The third-order valence-electron chi connectivity index (χ3n) is 5.42. The summed E-state index contributed by atoms with van der Waals surface area (Å²) in [5, 5.41) is 8.62. The van der Waals surface area contributed by atoms with E-state index >= 15 is 0 Å². The third kappa shape index (κ3) is 5.60. The molecule has 1 aliphatic rings. The molecule has 0 radical (unpaired) electrons. The second-order valence-electron chi connectivity index (χ2n) is 7.72. The summed E-state index contributed by atoms with van der Waals surface area (Å²) in [5.41, 5.74) is 0.309. The number of carbonyl (C=O) groups excluding carboxylic acids is 1. The molecule has 0 atom stereocenters. The van der Waals surface area contributed by atoms with Crippen molar-refractivity contribution in [3.63, 3.8) is 0 Å². The summed E-state index contributed by atoms with van der Waals surface area (Å²) in [7, 11) is -2.18. The zero-order valence-electron chi connectivity index (χ0n) is 18.3. The van der Waals surface area contributed by atoms with E-state index in [4.69, 9.17) is 9.26 Å². The van der Waals surface area contributed by atoms with E-state index in [0.29, 0.717) is 36.2 Å². The number of carbonyl (C=O) groups is 1. The second-order valence-corrected chi connectivity index (χ2v) is 10.6. The average molecular weight is 491 g/mol. The summed E-state index contributed by atoms with van der Waals surface area (Å²) in [6.07, 6.45) is 4.12. The van der Waals surface area contributed by atoms with Gasteiger partial charge in [-0.1, -0.05) is 24.1 Å². The first-order valence-corrected chi connectivity index (χ1v) is 13.1. The SMILES string of the molecule is COc1ccc(S(=O)(=O)N2CCCCCC2)cc1NC(=O)CCc1nc(-c2cccs2)no1. The minimum atomic E-state index is -3.65. The van der Waals surface area contributed by atoms with Crippen molar-refractivity contribution in [1.29, 1.82) is 0 Å². The van der Waals surface area contributed by atoms with Crippen molar-refractivity contribution >= 4 is 33.0 Å². The van der Waals surface area contributed by atoms with Gasteiger partial charge < -0.3 is 14.6 Å². The van der Waals surface area contributed by atoms with Crippen molar-refractivity contribution in [2.45, 2.75) is 43.4 Å². The first-order valence-electron chi connectivity index (χ1n) is 10.8. The fraction of sp³-hybridized carbons (Fsp3) is 0.409. The normalized spacial score (nSPS) is 15.2. The van der Waals surface area contributed by atoms with Crippen molar-refractivity contribution in [2.75, 3.05) is 25.5 Å². The van der Waals surface area contributed by atoms with E-state index in [1.165, 1.54) is 34.9 Å². The number of benzene rings is 1. The predicted octanol–water partition coefficient (Wildman–Crippen LogP) is 3.94. The van der Waals surface area contributed by atoms with Crippen molar-refractivity contribution in [2.24, 2.45) is 0 Å². The van der Waals surface area contributed by atoms with Gasteiger partial charge in [0.2, 0.25) is 27.6 Å². The summed E-state index contributed by atoms with van der Waals surface area (Å²) < 4.78 is 38.3. The molecule has 1 aromatic carbocycles. The van der Waals surface area contributed by atoms with Crippen LogP contribution in [0, 0.1) is 0 Å². The predicted molar refractivity (Wildman–Crippen MR) is 125 cm³/mol. The molecule has 176 valence electrons. The van der Waals surface area contributed by atoms with Crippen LogP contribution in [-0.2, 0) is 21.2 Å². The lowest BCUT2D eigenvalue weighted by Gasteiger charge is -2.21. The smallest absolute Gasteiger partial charge is 0.243 e. The topological polar surface area (TPSA) is 115 Å². The standard InChI is InChI=1S/C22H26N4O5S2/c1-30-18-9-8-16(33(28,29)26-12-4-2-3-5-13-26)15-17(18)23-20(27)10-11-21-24-22(25-31-21)19-7-6-14-32-19/h6-9,14-15H,2-5,10-13H2,1H3,(H,23,27). The Labute approximate surface area is 196 Å². The van der Waals surface area contributed by atoms with Gasteiger partial charge in [-0.05, 0) is 42.5 Å². The number of aryl methyl sites for hydroxylation is 1. The van der Waals surface area contributed by atoms with E-state index in [9.17, 15) is 13.2 Å². The number of aromatic nitrogens is 2. The fourth-order valence-corrected chi connectivity index (χ4v) is 5.86. The maximum absolute atomic E-state index is 13.1. The van der Waals surface area contributed by atoms with E-state index in [1.54, 1.807) is 6.07 Å². The summed E-state index contributed by atoms with van der Waals surface area (Å²) in [6, 6.07) is 8.33. The molecule has 9 nitrogen and oxygen atoms in total. The third-order valence-corrected chi connectivity index (χ3v) is 8.18. The van der Waals surface area contributed by atoms with Crippen LogP contribution in [0.15, 0.2) is 45.1 Å². The first kappa shape index (κ1) is 23.4. The first-order chi connectivity index (χ1) is 16.0. The second kappa shape index (κ2) is 10.4. The van der Waals surface area contributed by atoms with Crippen LogP contribution >= 0.6 is 11.3 Å². The van der Waals surface area contributed by atoms with Gasteiger partial charge in [0.1, 0.15) is 5.75 Å². The van der Waals surface area contributed by atoms with Crippen LogP contribution in [0.1, 0.15) is 38.0 Å². The van der Waals surface area contributed by atoms with Crippen LogP contribution in [0.4, 0.5) is 5.69 Å². The zero-order chi connectivity index (χ0) is 23.3. The van der Waals surface area contributed by atoms with Crippen LogP contribution in [-0.4, -0.2) is 49.0 Å². The Morgan fingerprint density at radius 1 is 1.21 bits per heavy atom. The summed E-state index contributed by atoms with van der Waals surface area (Å²) in [6.45, 7) is 1.02. The molecule has 0 unspecified atom stereocenters. The van der Waals surface area contributed by atoms with Crippen LogP contribution in [0.25, 0.3) is 10.7 Å². The Bertz CT molecular complexity index is 1180. The highest BCUT2D eigenvalue weighted by molar-refractivity contribution is 7.89. The molecule has 11 heteroatoms. The number of amides is 1. The Morgan fingerprint density at radius 2 is 2.00 bits per heavy atom. The molecule has 0 bridgehead atoms. The molecular weight excluding hydrogens is 464 g/mol. The summed E-state index contributed by atoms with van der Waals surface area (Å²) >= 11 is 1.50. The van der Waals surface area contributed by atoms with Crippen LogP contribution < -0.4 is 10.1 Å². The highest BCUT2D eigenvalue weighted by atomic mass is 32.2. The molecule has 0 saturated carbocycles. The van der Waals surface area contributed by atoms with E-state index < -0.39 is 10.0 Å². The monoisotopic (exact) mass is 490 g/mol. The van der Waals surface area contributed by atoms with E-state index in [0.717, 1.165) is 30.6 Å². The molecule has 0 spiro atoms. The van der Waals surface area contributed by atoms with Crippen LogP contribution in [0.5, 0.6) is 5.75 Å². The molecule has 4 rings (SSSR count). The number of nitrogens with zero attached hydrogens (tertiary/aromatic N) is 3. The van der Waals surface area contributed by atoms with E-state index in [2.05, 4.69) is 15.5 Å². The molecule has 1 aliphatic heterocycles. The summed E-state index contributed by atoms with van der Waals surface area (Å²) in [5.74, 6) is 0.927. The lowest BCUT2D eigenvalue weighted by atomic mass is 10.2. The Kier molecular flexibility index (Phi) is 7.41. The van der Waals surface area contributed by atoms with Gasteiger partial charge in [0, 0.05) is 25.9 Å². The highest BCUT2D eigenvalue weighted by Crippen LogP contribution is 2.30. The number of sulfonamides is 1. The molecule has 1 N–H and O–H groups in total.